The van der Waals surface area contributed by atoms with Crippen molar-refractivity contribution in [3.63, 3.8) is 0 Å². The normalized spacial score (nSPS) is 19.3. The monoisotopic (exact) mass is 476 g/mol. The number of rotatable bonds is 5. The van der Waals surface area contributed by atoms with Crippen LogP contribution in [-0.4, -0.2) is 53.1 Å². The summed E-state index contributed by atoms with van der Waals surface area (Å²) < 4.78 is 26.6. The van der Waals surface area contributed by atoms with Gasteiger partial charge in [-0.1, -0.05) is 38.1 Å². The Labute approximate surface area is 204 Å². The second-order valence-electron chi connectivity index (χ2n) is 8.12. The van der Waals surface area contributed by atoms with Crippen molar-refractivity contribution >= 4 is 17.8 Å². The number of carbonyl (C=O) groups is 1. The second-order valence-corrected chi connectivity index (χ2v) is 8.12. The minimum absolute atomic E-state index is 0.0113. The predicted molar refractivity (Wildman–Crippen MR) is 133 cm³/mol. The molecule has 2 aromatic carbocycles. The lowest BCUT2D eigenvalue weighted by molar-refractivity contribution is -0.148. The van der Waals surface area contributed by atoms with Crippen molar-refractivity contribution in [3.8, 4) is 11.4 Å². The van der Waals surface area contributed by atoms with Gasteiger partial charge in [0.2, 0.25) is 0 Å². The summed E-state index contributed by atoms with van der Waals surface area (Å²) in [6, 6.07) is 12.0. The maximum Gasteiger partial charge on any atom is 0.255 e. The van der Waals surface area contributed by atoms with Crippen LogP contribution in [0.4, 0.5) is 4.39 Å². The number of hydrogen-bond acceptors (Lipinski definition) is 5. The van der Waals surface area contributed by atoms with Crippen LogP contribution in [0.5, 0.6) is 5.75 Å². The lowest BCUT2D eigenvalue weighted by Gasteiger charge is -2.41. The lowest BCUT2D eigenvalue weighted by atomic mass is 9.88. The molecule has 0 saturated carbocycles. The van der Waals surface area contributed by atoms with Crippen LogP contribution < -0.4 is 4.74 Å². The van der Waals surface area contributed by atoms with Crippen LogP contribution in [0, 0.1) is 12.7 Å². The third-order valence-electron chi connectivity index (χ3n) is 5.98. The van der Waals surface area contributed by atoms with E-state index in [1.807, 2.05) is 61.9 Å². The lowest BCUT2D eigenvalue weighted by Crippen LogP contribution is -2.57. The van der Waals surface area contributed by atoms with Gasteiger partial charge in [-0.05, 0) is 48.4 Å². The molecule has 35 heavy (non-hydrogen) atoms. The first-order chi connectivity index (χ1) is 17.0. The summed E-state index contributed by atoms with van der Waals surface area (Å²) in [5.41, 5.74) is 2.73. The van der Waals surface area contributed by atoms with Gasteiger partial charge in [0, 0.05) is 6.20 Å². The van der Waals surface area contributed by atoms with Crippen molar-refractivity contribution in [2.45, 2.75) is 26.3 Å². The minimum Gasteiger partial charge on any atom is -0.495 e. The number of hydrogen-bond donors (Lipinski definition) is 0. The Balaban J connectivity index is 0.00000141. The number of benzene rings is 2. The molecule has 5 rings (SSSR count). The molecule has 1 amide bonds. The number of halogens is 1. The summed E-state index contributed by atoms with van der Waals surface area (Å²) in [6.07, 6.45) is 7.40. The van der Waals surface area contributed by atoms with E-state index < -0.39 is 5.54 Å². The molecule has 1 saturated heterocycles. The fourth-order valence-electron chi connectivity index (χ4n) is 4.35. The molecule has 0 N–H and O–H groups in total. The molecule has 1 fully saturated rings. The molecular weight excluding hydrogens is 447 g/mol. The quantitative estimate of drug-likeness (QED) is 0.543. The molecule has 0 spiro atoms. The molecule has 2 aliphatic rings. The summed E-state index contributed by atoms with van der Waals surface area (Å²) in [5.74, 6) is 0.758. The zero-order valence-corrected chi connectivity index (χ0v) is 20.4. The fourth-order valence-corrected chi connectivity index (χ4v) is 4.35. The molecule has 182 valence electrons. The Kier molecular flexibility index (Phi) is 7.12. The zero-order valence-electron chi connectivity index (χ0n) is 20.4. The van der Waals surface area contributed by atoms with E-state index in [2.05, 4.69) is 9.98 Å². The van der Waals surface area contributed by atoms with Crippen molar-refractivity contribution in [2.75, 3.05) is 26.9 Å². The van der Waals surface area contributed by atoms with Gasteiger partial charge in [0.25, 0.3) is 5.91 Å². The van der Waals surface area contributed by atoms with E-state index in [9.17, 15) is 9.18 Å². The highest BCUT2D eigenvalue weighted by molar-refractivity contribution is 6.09. The molecule has 1 aromatic heterocycles. The van der Waals surface area contributed by atoms with Gasteiger partial charge in [-0.3, -0.25) is 14.7 Å². The van der Waals surface area contributed by atoms with E-state index in [1.54, 1.807) is 30.5 Å². The van der Waals surface area contributed by atoms with Crippen molar-refractivity contribution < 1.29 is 18.7 Å². The first-order valence-corrected chi connectivity index (χ1v) is 11.6. The second kappa shape index (κ2) is 10.2. The van der Waals surface area contributed by atoms with Gasteiger partial charge in [0.1, 0.15) is 29.5 Å². The molecule has 1 unspecified atom stereocenters. The molecule has 0 bridgehead atoms. The number of ether oxygens (including phenoxy) is 2. The molecule has 8 heteroatoms. The highest BCUT2D eigenvalue weighted by atomic mass is 19.1. The highest BCUT2D eigenvalue weighted by Crippen LogP contribution is 2.37. The van der Waals surface area contributed by atoms with Crippen LogP contribution in [0.3, 0.4) is 0 Å². The number of aromatic nitrogens is 2. The number of morpholine rings is 1. The maximum atomic E-state index is 13.5. The van der Waals surface area contributed by atoms with Crippen LogP contribution in [0.2, 0.25) is 0 Å². The van der Waals surface area contributed by atoms with Crippen LogP contribution in [0.1, 0.15) is 30.7 Å². The Hall–Kier alpha value is -3.78. The average molecular weight is 477 g/mol. The van der Waals surface area contributed by atoms with Crippen molar-refractivity contribution in [1.29, 1.82) is 0 Å². The standard InChI is InChI=1S/C25H23FN4O3.C2H6/c1-17-12-29(16-28-17)21-9-3-18(11-22(21)32-2)4-10-23-27-14-25(15-33-13-24(31)30(23)25)19-5-7-20(26)8-6-19;1-2/h3-12,16H,13-15H2,1-2H3;1-2H3/b10-4+;. The molecule has 0 aliphatic carbocycles. The van der Waals surface area contributed by atoms with E-state index in [0.29, 0.717) is 24.7 Å². The number of amides is 1. The summed E-state index contributed by atoms with van der Waals surface area (Å²) in [5, 5.41) is 0. The topological polar surface area (TPSA) is 69.0 Å². The van der Waals surface area contributed by atoms with Crippen molar-refractivity contribution in [2.24, 2.45) is 4.99 Å². The smallest absolute Gasteiger partial charge is 0.255 e. The molecule has 3 aromatic rings. The van der Waals surface area contributed by atoms with E-state index in [-0.39, 0.29) is 18.3 Å². The van der Waals surface area contributed by atoms with Crippen molar-refractivity contribution in [1.82, 2.24) is 14.5 Å². The number of nitrogens with zero attached hydrogens (tertiary/aromatic N) is 4. The SMILES string of the molecule is CC.COc1cc(/C=C/C2=NCC3(c4ccc(F)cc4)COCC(=O)N23)ccc1-n1cnc(C)c1. The van der Waals surface area contributed by atoms with Crippen LogP contribution in [0.25, 0.3) is 11.8 Å². The van der Waals surface area contributed by atoms with Crippen LogP contribution >= 0.6 is 0 Å². The van der Waals surface area contributed by atoms with E-state index >= 15 is 0 Å². The third kappa shape index (κ3) is 4.61. The highest BCUT2D eigenvalue weighted by Gasteiger charge is 2.50. The molecule has 2 aliphatic heterocycles. The van der Waals surface area contributed by atoms with Gasteiger partial charge in [-0.2, -0.15) is 0 Å². The van der Waals surface area contributed by atoms with Crippen LogP contribution in [-0.2, 0) is 15.1 Å². The largest absolute Gasteiger partial charge is 0.495 e. The number of methoxy groups -OCH3 is 1. The average Bonchev–Trinajstić information content (AvgIpc) is 3.49. The first-order valence-electron chi connectivity index (χ1n) is 11.6. The zero-order chi connectivity index (χ0) is 25.0. The van der Waals surface area contributed by atoms with E-state index in [0.717, 1.165) is 22.5 Å². The summed E-state index contributed by atoms with van der Waals surface area (Å²) in [7, 11) is 1.63. The van der Waals surface area contributed by atoms with Gasteiger partial charge in [0.05, 0.1) is 38.0 Å². The number of amidine groups is 1. The summed E-state index contributed by atoms with van der Waals surface area (Å²) >= 11 is 0. The van der Waals surface area contributed by atoms with Crippen LogP contribution in [0.15, 0.2) is 66.1 Å². The first kappa shape index (κ1) is 24.3. The number of imidazole rings is 1. The summed E-state index contributed by atoms with van der Waals surface area (Å²) in [4.78, 5) is 23.4. The van der Waals surface area contributed by atoms with Gasteiger partial charge in [-0.25, -0.2) is 9.37 Å². The fraction of sp³-hybridized carbons (Fsp3) is 0.296. The Morgan fingerprint density at radius 2 is 1.91 bits per heavy atom. The Bertz CT molecular complexity index is 1270. The molecule has 1 atom stereocenters. The number of aliphatic imine (C=N–C) groups is 1. The van der Waals surface area contributed by atoms with Gasteiger partial charge in [0.15, 0.2) is 0 Å². The van der Waals surface area contributed by atoms with Gasteiger partial charge in [-0.15, -0.1) is 0 Å². The Morgan fingerprint density at radius 3 is 2.60 bits per heavy atom. The number of carbonyl (C=O) groups excluding carboxylic acids is 1. The van der Waals surface area contributed by atoms with E-state index in [4.69, 9.17) is 9.47 Å². The number of fused-ring (bicyclic) bond motifs is 1. The summed E-state index contributed by atoms with van der Waals surface area (Å²) in [6.45, 7) is 6.58. The minimum atomic E-state index is -0.760. The molecule has 3 heterocycles. The molecule has 0 radical (unpaired) electrons. The van der Waals surface area contributed by atoms with Gasteiger partial charge < -0.3 is 14.0 Å². The Morgan fingerprint density at radius 1 is 1.14 bits per heavy atom. The third-order valence-corrected chi connectivity index (χ3v) is 5.98. The molecular formula is C27H29FN4O3. The van der Waals surface area contributed by atoms with E-state index in [1.165, 1.54) is 12.1 Å². The van der Waals surface area contributed by atoms with Crippen molar-refractivity contribution in [3.05, 3.63) is 83.7 Å². The number of aryl methyl sites for hydroxylation is 1. The van der Waals surface area contributed by atoms with Gasteiger partial charge >= 0.3 is 0 Å². The predicted octanol–water partition coefficient (Wildman–Crippen LogP) is 4.53. The maximum absolute atomic E-state index is 13.5. The molecule has 7 nitrogen and oxygen atoms in total.